The van der Waals surface area contributed by atoms with E-state index in [4.69, 9.17) is 4.74 Å². The van der Waals surface area contributed by atoms with Crippen molar-refractivity contribution in [2.24, 2.45) is 4.99 Å². The van der Waals surface area contributed by atoms with Crippen LogP contribution >= 0.6 is 0 Å². The molecule has 0 unspecified atom stereocenters. The first kappa shape index (κ1) is 15.6. The highest BCUT2D eigenvalue weighted by Gasteiger charge is 2.35. The maximum atomic E-state index is 12.1. The maximum absolute atomic E-state index is 12.1. The molecule has 2 aromatic heterocycles. The Morgan fingerprint density at radius 2 is 2.39 bits per heavy atom. The van der Waals surface area contributed by atoms with Crippen molar-refractivity contribution >= 4 is 23.5 Å². The predicted molar refractivity (Wildman–Crippen MR) is 81.6 cm³/mol. The van der Waals surface area contributed by atoms with Crippen LogP contribution in [0.4, 0.5) is 5.95 Å². The number of aromatic nitrogens is 4. The van der Waals surface area contributed by atoms with Crippen molar-refractivity contribution in [1.82, 2.24) is 24.4 Å². The number of rotatable bonds is 4. The summed E-state index contributed by atoms with van der Waals surface area (Å²) in [7, 11) is 3.60. The Labute approximate surface area is 131 Å². The quantitative estimate of drug-likeness (QED) is 0.485. The van der Waals surface area contributed by atoms with Crippen molar-refractivity contribution in [1.29, 1.82) is 0 Å². The molecule has 10 nitrogen and oxygen atoms in total. The summed E-state index contributed by atoms with van der Waals surface area (Å²) in [6, 6.07) is 0. The lowest BCUT2D eigenvalue weighted by molar-refractivity contribution is -0.0432. The number of hydrogen-bond donors (Lipinski definition) is 3. The second-order valence-electron chi connectivity index (χ2n) is 5.54. The molecule has 1 aliphatic heterocycles. The summed E-state index contributed by atoms with van der Waals surface area (Å²) in [6.07, 6.45) is 1.24. The lowest BCUT2D eigenvalue weighted by Crippen LogP contribution is -2.24. The van der Waals surface area contributed by atoms with Crippen molar-refractivity contribution < 1.29 is 14.9 Å². The molecule has 10 heteroatoms. The minimum atomic E-state index is -0.782. The third-order valence-corrected chi connectivity index (χ3v) is 3.53. The van der Waals surface area contributed by atoms with E-state index < -0.39 is 24.0 Å². The van der Waals surface area contributed by atoms with Gasteiger partial charge in [-0.15, -0.1) is 0 Å². The van der Waals surface area contributed by atoms with Gasteiger partial charge in [-0.2, -0.15) is 4.98 Å². The number of aromatic amines is 1. The second kappa shape index (κ2) is 6.07. The molecule has 0 amide bonds. The van der Waals surface area contributed by atoms with Gasteiger partial charge in [0.2, 0.25) is 5.95 Å². The van der Waals surface area contributed by atoms with Crippen LogP contribution in [0.1, 0.15) is 12.6 Å². The Morgan fingerprint density at radius 1 is 1.61 bits per heavy atom. The molecule has 1 fully saturated rings. The van der Waals surface area contributed by atoms with Gasteiger partial charge in [0.15, 0.2) is 11.2 Å². The highest BCUT2D eigenvalue weighted by atomic mass is 16.5. The normalized spacial score (nSPS) is 24.8. The molecule has 3 atom stereocenters. The lowest BCUT2D eigenvalue weighted by atomic mass is 10.2. The van der Waals surface area contributed by atoms with Crippen LogP contribution in [-0.4, -0.2) is 73.9 Å². The molecule has 124 valence electrons. The number of ether oxygens (including phenoxy) is 1. The zero-order valence-corrected chi connectivity index (χ0v) is 12.7. The van der Waals surface area contributed by atoms with Crippen molar-refractivity contribution in [3.63, 3.8) is 0 Å². The first-order valence-electron chi connectivity index (χ1n) is 7.11. The van der Waals surface area contributed by atoms with Crippen LogP contribution in [0.25, 0.3) is 11.2 Å². The van der Waals surface area contributed by atoms with Gasteiger partial charge in [0, 0.05) is 20.5 Å². The zero-order chi connectivity index (χ0) is 16.6. The fraction of sp³-hybridized carbons (Fsp3) is 0.538. The standard InChI is InChI=1S/C13H18N6O4/c1-18(2)5-15-13-16-11-10(12(22)17-13)14-6-19(11)9-3-7(21)8(4-20)23-9/h5-9,20-21H,3-4H2,1-2H3,(H,16,17,22)/t7-,8-,9+/m0/s1. The smallest absolute Gasteiger partial charge is 0.280 e. The van der Waals surface area contributed by atoms with Gasteiger partial charge in [-0.1, -0.05) is 0 Å². The molecule has 1 saturated heterocycles. The molecular formula is C13H18N6O4. The Kier molecular flexibility index (Phi) is 4.11. The van der Waals surface area contributed by atoms with E-state index in [1.807, 2.05) is 0 Å². The number of H-pyrrole nitrogens is 1. The Hall–Kier alpha value is -2.30. The SMILES string of the molecule is CN(C)C=Nc1nc2c(ncn2[C@H]2C[C@H](O)[C@H](CO)O2)c(=O)[nH]1. The minimum absolute atomic E-state index is 0.148. The van der Waals surface area contributed by atoms with Crippen LogP contribution in [0.2, 0.25) is 0 Å². The van der Waals surface area contributed by atoms with E-state index in [-0.39, 0.29) is 24.5 Å². The molecule has 3 rings (SSSR count). The fourth-order valence-electron chi connectivity index (χ4n) is 2.41. The van der Waals surface area contributed by atoms with Crippen LogP contribution < -0.4 is 5.56 Å². The van der Waals surface area contributed by atoms with Crippen LogP contribution in [0.5, 0.6) is 0 Å². The number of nitrogens with one attached hydrogen (secondary N) is 1. The van der Waals surface area contributed by atoms with Gasteiger partial charge in [-0.05, 0) is 0 Å². The summed E-state index contributed by atoms with van der Waals surface area (Å²) >= 11 is 0. The number of aliphatic hydroxyl groups excluding tert-OH is 2. The Balaban J connectivity index is 2.00. The number of hydrogen-bond acceptors (Lipinski definition) is 7. The molecular weight excluding hydrogens is 304 g/mol. The Bertz CT molecular complexity index is 782. The van der Waals surface area contributed by atoms with Gasteiger partial charge in [-0.3, -0.25) is 14.3 Å². The summed E-state index contributed by atoms with van der Waals surface area (Å²) in [6.45, 7) is -0.281. The minimum Gasteiger partial charge on any atom is -0.394 e. The van der Waals surface area contributed by atoms with Crippen LogP contribution in [0, 0.1) is 0 Å². The Morgan fingerprint density at radius 3 is 3.04 bits per heavy atom. The molecule has 0 bridgehead atoms. The van der Waals surface area contributed by atoms with Crippen LogP contribution in [0.3, 0.4) is 0 Å². The highest BCUT2D eigenvalue weighted by Crippen LogP contribution is 2.30. The number of imidazole rings is 1. The van der Waals surface area contributed by atoms with Gasteiger partial charge in [0.25, 0.3) is 5.56 Å². The van der Waals surface area contributed by atoms with Gasteiger partial charge in [-0.25, -0.2) is 9.98 Å². The van der Waals surface area contributed by atoms with Crippen LogP contribution in [0.15, 0.2) is 16.1 Å². The average molecular weight is 322 g/mol. The van der Waals surface area contributed by atoms with E-state index in [9.17, 15) is 15.0 Å². The molecule has 2 aromatic rings. The summed E-state index contributed by atoms with van der Waals surface area (Å²) in [5, 5.41) is 19.0. The third kappa shape index (κ3) is 2.96. The molecule has 23 heavy (non-hydrogen) atoms. The number of aliphatic imine (C=N–C) groups is 1. The van der Waals surface area contributed by atoms with E-state index in [0.29, 0.717) is 5.65 Å². The van der Waals surface area contributed by atoms with Gasteiger partial charge in [0.1, 0.15) is 12.3 Å². The van der Waals surface area contributed by atoms with Crippen molar-refractivity contribution in [2.75, 3.05) is 20.7 Å². The van der Waals surface area contributed by atoms with Crippen molar-refractivity contribution in [2.45, 2.75) is 24.9 Å². The summed E-state index contributed by atoms with van der Waals surface area (Å²) in [5.74, 6) is 0.148. The van der Waals surface area contributed by atoms with Gasteiger partial charge < -0.3 is 19.8 Å². The number of nitrogens with zero attached hydrogens (tertiary/aromatic N) is 5. The molecule has 0 aromatic carbocycles. The third-order valence-electron chi connectivity index (χ3n) is 3.53. The first-order chi connectivity index (χ1) is 11.0. The zero-order valence-electron chi connectivity index (χ0n) is 12.7. The van der Waals surface area contributed by atoms with E-state index in [0.717, 1.165) is 0 Å². The van der Waals surface area contributed by atoms with Crippen molar-refractivity contribution in [3.8, 4) is 0 Å². The van der Waals surface area contributed by atoms with Gasteiger partial charge in [0.05, 0.1) is 25.4 Å². The largest absolute Gasteiger partial charge is 0.394 e. The van der Waals surface area contributed by atoms with Crippen LogP contribution in [-0.2, 0) is 4.74 Å². The fourth-order valence-corrected chi connectivity index (χ4v) is 2.41. The molecule has 0 aliphatic carbocycles. The summed E-state index contributed by atoms with van der Waals surface area (Å²) < 4.78 is 7.14. The van der Waals surface area contributed by atoms with E-state index in [1.165, 1.54) is 12.7 Å². The molecule has 0 radical (unpaired) electrons. The molecule has 1 aliphatic rings. The lowest BCUT2D eigenvalue weighted by Gasteiger charge is -2.13. The second-order valence-corrected chi connectivity index (χ2v) is 5.54. The highest BCUT2D eigenvalue weighted by molar-refractivity contribution is 5.71. The number of fused-ring (bicyclic) bond motifs is 1. The van der Waals surface area contributed by atoms with E-state index in [1.54, 1.807) is 23.6 Å². The summed E-state index contributed by atoms with van der Waals surface area (Å²) in [5.41, 5.74) is 0.0756. The topological polar surface area (TPSA) is 129 Å². The van der Waals surface area contributed by atoms with Gasteiger partial charge >= 0.3 is 0 Å². The maximum Gasteiger partial charge on any atom is 0.280 e. The molecule has 0 spiro atoms. The average Bonchev–Trinajstić information content (AvgIpc) is 3.08. The molecule has 3 N–H and O–H groups in total. The number of aliphatic hydroxyl groups is 2. The van der Waals surface area contributed by atoms with Crippen molar-refractivity contribution in [3.05, 3.63) is 16.7 Å². The molecule has 3 heterocycles. The first-order valence-corrected chi connectivity index (χ1v) is 7.11. The monoisotopic (exact) mass is 322 g/mol. The van der Waals surface area contributed by atoms with E-state index in [2.05, 4.69) is 19.9 Å². The molecule has 0 saturated carbocycles. The van der Waals surface area contributed by atoms with E-state index >= 15 is 0 Å². The predicted octanol–water partition coefficient (Wildman–Crippen LogP) is -1.02. The summed E-state index contributed by atoms with van der Waals surface area (Å²) in [4.78, 5) is 28.7.